The molecule has 0 fully saturated rings. The number of aliphatic carboxylic acids is 1. The fourth-order valence-electron chi connectivity index (χ4n) is 1.13. The highest BCUT2D eigenvalue weighted by Crippen LogP contribution is 2.19. The summed E-state index contributed by atoms with van der Waals surface area (Å²) < 4.78 is 0. The molecule has 0 saturated heterocycles. The van der Waals surface area contributed by atoms with Gasteiger partial charge < -0.3 is 5.11 Å². The first-order valence-electron chi connectivity index (χ1n) is 3.78. The Morgan fingerprint density at radius 1 is 1.64 bits per heavy atom. The molecule has 2 nitrogen and oxygen atoms in total. The van der Waals surface area contributed by atoms with Crippen molar-refractivity contribution in [2.75, 3.05) is 0 Å². The fourth-order valence-corrected chi connectivity index (χ4v) is 1.13. The van der Waals surface area contributed by atoms with Crippen LogP contribution in [-0.4, -0.2) is 11.1 Å². The zero-order valence-corrected chi connectivity index (χ0v) is 6.58. The molecule has 1 atom stereocenters. The lowest BCUT2D eigenvalue weighted by atomic mass is 9.94. The lowest BCUT2D eigenvalue weighted by molar-refractivity contribution is -0.139. The molecule has 11 heavy (non-hydrogen) atoms. The van der Waals surface area contributed by atoms with Gasteiger partial charge in [0.15, 0.2) is 0 Å². The van der Waals surface area contributed by atoms with E-state index >= 15 is 0 Å². The van der Waals surface area contributed by atoms with Crippen molar-refractivity contribution in [3.8, 4) is 0 Å². The third kappa shape index (κ3) is 1.93. The molecule has 60 valence electrons. The third-order valence-electron chi connectivity index (χ3n) is 1.96. The van der Waals surface area contributed by atoms with Gasteiger partial charge in [-0.25, -0.2) is 0 Å². The minimum absolute atomic E-state index is 0.319. The van der Waals surface area contributed by atoms with Crippen LogP contribution < -0.4 is 0 Å². The number of carboxylic acid groups (broad SMARTS) is 1. The highest BCUT2D eigenvalue weighted by molar-refractivity contribution is 5.73. The minimum atomic E-state index is -0.730. The van der Waals surface area contributed by atoms with Crippen molar-refractivity contribution >= 4 is 5.97 Å². The van der Waals surface area contributed by atoms with Crippen LogP contribution in [0, 0.1) is 5.92 Å². The van der Waals surface area contributed by atoms with Crippen LogP contribution in [-0.2, 0) is 4.79 Å². The van der Waals surface area contributed by atoms with Crippen LogP contribution in [0.1, 0.15) is 19.8 Å². The smallest absolute Gasteiger partial charge is 0.310 e. The maximum absolute atomic E-state index is 10.5. The van der Waals surface area contributed by atoms with E-state index in [1.807, 2.05) is 12.2 Å². The van der Waals surface area contributed by atoms with Gasteiger partial charge in [-0.3, -0.25) is 4.79 Å². The number of carboxylic acids is 1. The fraction of sp³-hybridized carbons (Fsp3) is 0.444. The molecular formula is C9H12O2. The lowest BCUT2D eigenvalue weighted by Gasteiger charge is -2.11. The van der Waals surface area contributed by atoms with Gasteiger partial charge in [-0.05, 0) is 19.8 Å². The summed E-state index contributed by atoms with van der Waals surface area (Å²) >= 11 is 0. The largest absolute Gasteiger partial charge is 0.481 e. The maximum atomic E-state index is 10.5. The van der Waals surface area contributed by atoms with Crippen molar-refractivity contribution in [2.45, 2.75) is 19.8 Å². The molecular weight excluding hydrogens is 140 g/mol. The van der Waals surface area contributed by atoms with E-state index in [0.29, 0.717) is 0 Å². The normalized spacial score (nSPS) is 19.2. The SMILES string of the molecule is C[C@@H](C(=O)O)C1=CCC=CC1. The van der Waals surface area contributed by atoms with E-state index in [9.17, 15) is 4.79 Å². The molecule has 1 aliphatic rings. The van der Waals surface area contributed by atoms with Crippen LogP contribution in [0.2, 0.25) is 0 Å². The average molecular weight is 152 g/mol. The molecule has 0 radical (unpaired) electrons. The van der Waals surface area contributed by atoms with Gasteiger partial charge in [-0.15, -0.1) is 0 Å². The Morgan fingerprint density at radius 2 is 2.36 bits per heavy atom. The van der Waals surface area contributed by atoms with Gasteiger partial charge in [0.1, 0.15) is 0 Å². The van der Waals surface area contributed by atoms with E-state index < -0.39 is 5.97 Å². The van der Waals surface area contributed by atoms with Gasteiger partial charge in [0, 0.05) is 0 Å². The van der Waals surface area contributed by atoms with Crippen LogP contribution in [0.4, 0.5) is 0 Å². The van der Waals surface area contributed by atoms with Crippen molar-refractivity contribution in [3.05, 3.63) is 23.8 Å². The molecule has 0 saturated carbocycles. The molecule has 1 aliphatic carbocycles. The minimum Gasteiger partial charge on any atom is -0.481 e. The summed E-state index contributed by atoms with van der Waals surface area (Å²) in [5.74, 6) is -1.05. The second kappa shape index (κ2) is 3.37. The standard InChI is InChI=1S/C9H12O2/c1-7(9(10)11)8-5-3-2-4-6-8/h2-3,6-7H,4-5H2,1H3,(H,10,11)/t7-/m1/s1. The van der Waals surface area contributed by atoms with Gasteiger partial charge in [-0.1, -0.05) is 23.8 Å². The molecule has 0 bridgehead atoms. The van der Waals surface area contributed by atoms with E-state index in [4.69, 9.17) is 5.11 Å². The number of rotatable bonds is 2. The summed E-state index contributed by atoms with van der Waals surface area (Å²) in [6.45, 7) is 1.73. The van der Waals surface area contributed by atoms with Crippen molar-refractivity contribution < 1.29 is 9.90 Å². The number of hydrogen-bond donors (Lipinski definition) is 1. The molecule has 0 aromatic heterocycles. The van der Waals surface area contributed by atoms with E-state index in [1.165, 1.54) is 0 Å². The van der Waals surface area contributed by atoms with Crippen LogP contribution in [0.3, 0.4) is 0 Å². The summed E-state index contributed by atoms with van der Waals surface area (Å²) in [5, 5.41) is 8.67. The monoisotopic (exact) mass is 152 g/mol. The molecule has 0 spiro atoms. The maximum Gasteiger partial charge on any atom is 0.310 e. The van der Waals surface area contributed by atoms with Crippen molar-refractivity contribution in [1.82, 2.24) is 0 Å². The van der Waals surface area contributed by atoms with Crippen molar-refractivity contribution in [1.29, 1.82) is 0 Å². The number of allylic oxidation sites excluding steroid dienone is 3. The molecule has 1 rings (SSSR count). The van der Waals surface area contributed by atoms with E-state index in [1.54, 1.807) is 6.92 Å². The van der Waals surface area contributed by atoms with Crippen LogP contribution in [0.5, 0.6) is 0 Å². The third-order valence-corrected chi connectivity index (χ3v) is 1.96. The highest BCUT2D eigenvalue weighted by Gasteiger charge is 2.15. The Kier molecular flexibility index (Phi) is 2.47. The summed E-state index contributed by atoms with van der Waals surface area (Å²) in [5.41, 5.74) is 1.03. The predicted molar refractivity (Wildman–Crippen MR) is 43.3 cm³/mol. The quantitative estimate of drug-likeness (QED) is 0.614. The summed E-state index contributed by atoms with van der Waals surface area (Å²) in [7, 11) is 0. The van der Waals surface area contributed by atoms with Crippen LogP contribution in [0.15, 0.2) is 23.8 Å². The van der Waals surface area contributed by atoms with Gasteiger partial charge in [0.2, 0.25) is 0 Å². The molecule has 2 heteroatoms. The molecule has 1 N–H and O–H groups in total. The Morgan fingerprint density at radius 3 is 2.82 bits per heavy atom. The Hall–Kier alpha value is -1.05. The molecule has 0 aromatic rings. The molecule has 0 aliphatic heterocycles. The highest BCUT2D eigenvalue weighted by atomic mass is 16.4. The average Bonchev–Trinajstić information content (AvgIpc) is 2.05. The topological polar surface area (TPSA) is 37.3 Å². The first-order chi connectivity index (χ1) is 5.22. The summed E-state index contributed by atoms with van der Waals surface area (Å²) in [4.78, 5) is 10.5. The Balaban J connectivity index is 2.60. The zero-order chi connectivity index (χ0) is 8.27. The first-order valence-corrected chi connectivity index (χ1v) is 3.78. The van der Waals surface area contributed by atoms with Crippen molar-refractivity contribution in [3.63, 3.8) is 0 Å². The van der Waals surface area contributed by atoms with Crippen LogP contribution >= 0.6 is 0 Å². The molecule has 0 aromatic carbocycles. The van der Waals surface area contributed by atoms with Gasteiger partial charge >= 0.3 is 5.97 Å². The summed E-state index contributed by atoms with van der Waals surface area (Å²) in [6.07, 6.45) is 7.76. The molecule has 0 unspecified atom stereocenters. The van der Waals surface area contributed by atoms with E-state index in [0.717, 1.165) is 18.4 Å². The van der Waals surface area contributed by atoms with Crippen molar-refractivity contribution in [2.24, 2.45) is 5.92 Å². The zero-order valence-electron chi connectivity index (χ0n) is 6.58. The van der Waals surface area contributed by atoms with E-state index in [-0.39, 0.29) is 5.92 Å². The summed E-state index contributed by atoms with van der Waals surface area (Å²) in [6, 6.07) is 0. The van der Waals surface area contributed by atoms with Gasteiger partial charge in [-0.2, -0.15) is 0 Å². The number of hydrogen-bond acceptors (Lipinski definition) is 1. The van der Waals surface area contributed by atoms with Gasteiger partial charge in [0.05, 0.1) is 5.92 Å². The second-order valence-corrected chi connectivity index (χ2v) is 2.75. The number of carbonyl (C=O) groups is 1. The predicted octanol–water partition coefficient (Wildman–Crippen LogP) is 1.98. The second-order valence-electron chi connectivity index (χ2n) is 2.75. The lowest BCUT2D eigenvalue weighted by Crippen LogP contribution is -2.12. The molecule has 0 amide bonds. The Labute approximate surface area is 66.2 Å². The molecule has 0 heterocycles. The van der Waals surface area contributed by atoms with Gasteiger partial charge in [0.25, 0.3) is 0 Å². The first kappa shape index (κ1) is 8.05. The Bertz CT molecular complexity index is 214. The van der Waals surface area contributed by atoms with Crippen LogP contribution in [0.25, 0.3) is 0 Å². The van der Waals surface area contributed by atoms with E-state index in [2.05, 4.69) is 6.08 Å².